The number of carbonyl (C=O) groups excluding carboxylic acids is 1. The minimum Gasteiger partial charge on any atom is -1.00 e. The summed E-state index contributed by atoms with van der Waals surface area (Å²) >= 11 is 0. The van der Waals surface area contributed by atoms with E-state index in [4.69, 9.17) is 0 Å². The Labute approximate surface area is 130 Å². The SMILES string of the molecule is O=C(Pc1ccccc1)c1ccccc1C(F)(F)F.[H-].[Li+]. The van der Waals surface area contributed by atoms with Crippen molar-refractivity contribution in [3.63, 3.8) is 0 Å². The Bertz CT molecular complexity index is 590. The summed E-state index contributed by atoms with van der Waals surface area (Å²) in [7, 11) is -0.308. The van der Waals surface area contributed by atoms with E-state index < -0.39 is 17.3 Å². The largest absolute Gasteiger partial charge is 1.00 e. The van der Waals surface area contributed by atoms with Crippen molar-refractivity contribution in [2.24, 2.45) is 0 Å². The molecule has 0 amide bonds. The van der Waals surface area contributed by atoms with E-state index in [1.165, 1.54) is 18.2 Å². The minimum atomic E-state index is -4.51. The number of halogens is 3. The molecule has 2 aromatic rings. The van der Waals surface area contributed by atoms with E-state index in [0.29, 0.717) is 0 Å². The average Bonchev–Trinajstić information content (AvgIpc) is 2.39. The summed E-state index contributed by atoms with van der Waals surface area (Å²) in [6.07, 6.45) is -4.51. The molecule has 0 saturated heterocycles. The molecule has 20 heavy (non-hydrogen) atoms. The van der Waals surface area contributed by atoms with Gasteiger partial charge in [-0.15, -0.1) is 0 Å². The molecular formula is C14H11F3LiOP. The van der Waals surface area contributed by atoms with Crippen LogP contribution >= 0.6 is 8.58 Å². The van der Waals surface area contributed by atoms with Gasteiger partial charge in [0.15, 0.2) is 5.52 Å². The van der Waals surface area contributed by atoms with Crippen molar-refractivity contribution in [3.8, 4) is 0 Å². The molecule has 0 aromatic heterocycles. The molecule has 6 heteroatoms. The van der Waals surface area contributed by atoms with Crippen LogP contribution in [0.4, 0.5) is 13.2 Å². The van der Waals surface area contributed by atoms with Gasteiger partial charge in [0.1, 0.15) is 0 Å². The summed E-state index contributed by atoms with van der Waals surface area (Å²) in [6.45, 7) is 0. The van der Waals surface area contributed by atoms with Gasteiger partial charge in [0.05, 0.1) is 5.56 Å². The number of alkyl halides is 3. The van der Waals surface area contributed by atoms with Crippen molar-refractivity contribution in [2.45, 2.75) is 6.18 Å². The van der Waals surface area contributed by atoms with E-state index in [1.807, 2.05) is 0 Å². The second kappa shape index (κ2) is 7.08. The Balaban J connectivity index is 0.00000200. The molecular weight excluding hydrogens is 279 g/mol. The van der Waals surface area contributed by atoms with Crippen LogP contribution in [-0.4, -0.2) is 5.52 Å². The van der Waals surface area contributed by atoms with Gasteiger partial charge in [0, 0.05) is 5.56 Å². The number of carbonyl (C=O) groups is 1. The van der Waals surface area contributed by atoms with Crippen molar-refractivity contribution < 1.29 is 38.3 Å². The first-order chi connectivity index (χ1) is 8.98. The Morgan fingerprint density at radius 2 is 1.50 bits per heavy atom. The molecule has 0 fully saturated rings. The van der Waals surface area contributed by atoms with Gasteiger partial charge in [0.25, 0.3) is 0 Å². The summed E-state index contributed by atoms with van der Waals surface area (Å²) < 4.78 is 38.4. The molecule has 0 aliphatic heterocycles. The molecule has 1 nitrogen and oxygen atoms in total. The van der Waals surface area contributed by atoms with E-state index >= 15 is 0 Å². The topological polar surface area (TPSA) is 17.1 Å². The quantitative estimate of drug-likeness (QED) is 0.608. The molecule has 0 spiro atoms. The van der Waals surface area contributed by atoms with Crippen LogP contribution in [0.25, 0.3) is 0 Å². The molecule has 0 saturated carbocycles. The summed E-state index contributed by atoms with van der Waals surface area (Å²) in [4.78, 5) is 12.0. The summed E-state index contributed by atoms with van der Waals surface area (Å²) in [5, 5.41) is 0.726. The molecule has 0 heterocycles. The van der Waals surface area contributed by atoms with Crippen LogP contribution < -0.4 is 24.2 Å². The fourth-order valence-corrected chi connectivity index (χ4v) is 2.62. The van der Waals surface area contributed by atoms with E-state index in [0.717, 1.165) is 11.4 Å². The molecule has 2 rings (SSSR count). The van der Waals surface area contributed by atoms with Gasteiger partial charge >= 0.3 is 25.0 Å². The number of rotatable bonds is 3. The van der Waals surface area contributed by atoms with E-state index in [1.54, 1.807) is 30.3 Å². The average molecular weight is 290 g/mol. The number of benzene rings is 2. The Kier molecular flexibility index (Phi) is 6.01. The van der Waals surface area contributed by atoms with Crippen LogP contribution in [0.15, 0.2) is 54.6 Å². The zero-order valence-corrected chi connectivity index (χ0v) is 11.7. The van der Waals surface area contributed by atoms with Gasteiger partial charge in [0.2, 0.25) is 0 Å². The number of hydrogen-bond donors (Lipinski definition) is 0. The number of hydrogen-bond acceptors (Lipinski definition) is 1. The predicted molar refractivity (Wildman–Crippen MR) is 71.3 cm³/mol. The molecule has 100 valence electrons. The van der Waals surface area contributed by atoms with Gasteiger partial charge in [-0.1, -0.05) is 48.5 Å². The fourth-order valence-electron chi connectivity index (χ4n) is 1.65. The van der Waals surface area contributed by atoms with Gasteiger partial charge in [-0.05, 0) is 20.0 Å². The van der Waals surface area contributed by atoms with Crippen molar-refractivity contribution in [3.05, 3.63) is 65.7 Å². The van der Waals surface area contributed by atoms with Gasteiger partial charge in [-0.3, -0.25) is 4.79 Å². The van der Waals surface area contributed by atoms with Gasteiger partial charge in [-0.25, -0.2) is 0 Å². The van der Waals surface area contributed by atoms with Crippen molar-refractivity contribution >= 4 is 19.4 Å². The fraction of sp³-hybridized carbons (Fsp3) is 0.0714. The maximum atomic E-state index is 12.8. The summed E-state index contributed by atoms with van der Waals surface area (Å²) in [6, 6.07) is 13.6. The van der Waals surface area contributed by atoms with Crippen LogP contribution in [0.2, 0.25) is 0 Å². The van der Waals surface area contributed by atoms with Crippen LogP contribution in [0, 0.1) is 0 Å². The monoisotopic (exact) mass is 290 g/mol. The van der Waals surface area contributed by atoms with Gasteiger partial charge < -0.3 is 1.43 Å². The zero-order chi connectivity index (χ0) is 13.9. The molecule has 1 unspecified atom stereocenters. The minimum absolute atomic E-state index is 0. The maximum absolute atomic E-state index is 12.8. The van der Waals surface area contributed by atoms with Crippen LogP contribution in [0.1, 0.15) is 17.3 Å². The van der Waals surface area contributed by atoms with Crippen LogP contribution in [0.5, 0.6) is 0 Å². The van der Waals surface area contributed by atoms with Crippen molar-refractivity contribution in [2.75, 3.05) is 0 Å². The Morgan fingerprint density at radius 3 is 2.10 bits per heavy atom. The van der Waals surface area contributed by atoms with E-state index in [9.17, 15) is 18.0 Å². The first-order valence-electron chi connectivity index (χ1n) is 5.51. The standard InChI is InChI=1S/C14H10F3OP.Li.H/c15-14(16,17)12-9-5-4-8-11(12)13(18)19-10-6-2-1-3-7-10;;/h1-9,19H;;/q;+1;-1. The van der Waals surface area contributed by atoms with Crippen LogP contribution in [0.3, 0.4) is 0 Å². The van der Waals surface area contributed by atoms with Gasteiger partial charge in [-0.2, -0.15) is 13.2 Å². The second-order valence-corrected chi connectivity index (χ2v) is 5.14. The molecule has 0 radical (unpaired) electrons. The normalized spacial score (nSPS) is 11.3. The molecule has 1 atom stereocenters. The summed E-state index contributed by atoms with van der Waals surface area (Å²) in [5.74, 6) is 0. The third-order valence-electron chi connectivity index (χ3n) is 2.51. The predicted octanol–water partition coefficient (Wildman–Crippen LogP) is 0.966. The first kappa shape index (κ1) is 17.0. The van der Waals surface area contributed by atoms with E-state index in [-0.39, 0.29) is 34.4 Å². The molecule has 0 aliphatic carbocycles. The van der Waals surface area contributed by atoms with Crippen LogP contribution in [-0.2, 0) is 6.18 Å². The van der Waals surface area contributed by atoms with E-state index in [2.05, 4.69) is 0 Å². The zero-order valence-electron chi connectivity index (χ0n) is 11.7. The summed E-state index contributed by atoms with van der Waals surface area (Å²) in [5.41, 5.74) is -1.64. The molecule has 0 bridgehead atoms. The second-order valence-electron chi connectivity index (χ2n) is 3.86. The third-order valence-corrected chi connectivity index (χ3v) is 3.63. The molecule has 0 aliphatic rings. The van der Waals surface area contributed by atoms with Crippen molar-refractivity contribution in [1.29, 1.82) is 0 Å². The maximum Gasteiger partial charge on any atom is 1.00 e. The smallest absolute Gasteiger partial charge is 1.00 e. The Morgan fingerprint density at radius 1 is 0.950 bits per heavy atom. The third kappa shape index (κ3) is 4.21. The van der Waals surface area contributed by atoms with Crippen molar-refractivity contribution in [1.82, 2.24) is 0 Å². The molecule has 0 N–H and O–H groups in total. The molecule has 2 aromatic carbocycles. The Hall–Kier alpha value is -1.07. The first-order valence-corrected chi connectivity index (χ1v) is 6.51.